The molecule has 4 nitrogen and oxygen atoms in total. The van der Waals surface area contributed by atoms with Crippen LogP contribution in [-0.2, 0) is 4.79 Å². The van der Waals surface area contributed by atoms with Gasteiger partial charge >= 0.3 is 5.97 Å². The monoisotopic (exact) mass is 285 g/mol. The van der Waals surface area contributed by atoms with Gasteiger partial charge in [0.1, 0.15) is 5.75 Å². The minimum atomic E-state index is -0.823. The predicted molar refractivity (Wildman–Crippen MR) is 82.8 cm³/mol. The molecule has 0 heterocycles. The van der Waals surface area contributed by atoms with Crippen LogP contribution in [0, 0.1) is 5.92 Å². The molecule has 2 aromatic rings. The standard InChI is InChI=1S/C17H19NO3/c1-12(17(19)20)13(2)18-15-10-6-7-11-16(15)21-14-8-4-3-5-9-14/h3-13,18H,1-2H3,(H,19,20). The Labute approximate surface area is 124 Å². The van der Waals surface area contributed by atoms with E-state index in [0.717, 1.165) is 11.4 Å². The van der Waals surface area contributed by atoms with Gasteiger partial charge in [-0.2, -0.15) is 0 Å². The van der Waals surface area contributed by atoms with Gasteiger partial charge in [-0.05, 0) is 38.1 Å². The number of para-hydroxylation sites is 3. The number of hydrogen-bond acceptors (Lipinski definition) is 3. The molecular weight excluding hydrogens is 266 g/mol. The van der Waals surface area contributed by atoms with E-state index in [1.165, 1.54) is 0 Å². The van der Waals surface area contributed by atoms with Crippen LogP contribution in [0.15, 0.2) is 54.6 Å². The molecule has 0 aliphatic carbocycles. The highest BCUT2D eigenvalue weighted by atomic mass is 16.5. The molecule has 2 rings (SSSR count). The number of anilines is 1. The lowest BCUT2D eigenvalue weighted by Gasteiger charge is -2.21. The highest BCUT2D eigenvalue weighted by Gasteiger charge is 2.20. The zero-order chi connectivity index (χ0) is 15.2. The molecule has 0 aromatic heterocycles. The molecule has 2 atom stereocenters. The Balaban J connectivity index is 2.15. The lowest BCUT2D eigenvalue weighted by Crippen LogP contribution is -2.29. The zero-order valence-corrected chi connectivity index (χ0v) is 12.1. The van der Waals surface area contributed by atoms with Crippen molar-refractivity contribution in [3.05, 3.63) is 54.6 Å². The third-order valence-corrected chi connectivity index (χ3v) is 3.38. The second-order valence-corrected chi connectivity index (χ2v) is 4.97. The van der Waals surface area contributed by atoms with Crippen LogP contribution in [-0.4, -0.2) is 17.1 Å². The molecular formula is C17H19NO3. The second kappa shape index (κ2) is 6.79. The van der Waals surface area contributed by atoms with Crippen LogP contribution in [0.1, 0.15) is 13.8 Å². The Hall–Kier alpha value is -2.49. The van der Waals surface area contributed by atoms with Gasteiger partial charge in [-0.1, -0.05) is 30.3 Å². The number of aliphatic carboxylic acids is 1. The van der Waals surface area contributed by atoms with Gasteiger partial charge in [-0.15, -0.1) is 0 Å². The van der Waals surface area contributed by atoms with Crippen LogP contribution in [0.3, 0.4) is 0 Å². The third kappa shape index (κ3) is 3.99. The van der Waals surface area contributed by atoms with E-state index < -0.39 is 11.9 Å². The first kappa shape index (κ1) is 14.9. The average molecular weight is 285 g/mol. The molecule has 0 amide bonds. The third-order valence-electron chi connectivity index (χ3n) is 3.38. The fraction of sp³-hybridized carbons (Fsp3) is 0.235. The van der Waals surface area contributed by atoms with Crippen molar-refractivity contribution in [2.45, 2.75) is 19.9 Å². The van der Waals surface area contributed by atoms with Crippen LogP contribution in [0.5, 0.6) is 11.5 Å². The predicted octanol–water partition coefficient (Wildman–Crippen LogP) is 4.00. The van der Waals surface area contributed by atoms with Gasteiger partial charge in [-0.25, -0.2) is 0 Å². The molecule has 21 heavy (non-hydrogen) atoms. The number of hydrogen-bond donors (Lipinski definition) is 2. The van der Waals surface area contributed by atoms with E-state index in [0.29, 0.717) is 5.75 Å². The molecule has 0 saturated heterocycles. The second-order valence-electron chi connectivity index (χ2n) is 4.97. The van der Waals surface area contributed by atoms with Crippen LogP contribution in [0.4, 0.5) is 5.69 Å². The Morgan fingerprint density at radius 3 is 2.33 bits per heavy atom. The summed E-state index contributed by atoms with van der Waals surface area (Å²) in [6.07, 6.45) is 0. The molecule has 0 fully saturated rings. The highest BCUT2D eigenvalue weighted by molar-refractivity contribution is 5.71. The van der Waals surface area contributed by atoms with Crippen LogP contribution < -0.4 is 10.1 Å². The maximum absolute atomic E-state index is 11.0. The van der Waals surface area contributed by atoms with E-state index in [4.69, 9.17) is 9.84 Å². The number of carbonyl (C=O) groups is 1. The molecule has 110 valence electrons. The summed E-state index contributed by atoms with van der Waals surface area (Å²) in [6, 6.07) is 16.8. The normalized spacial score (nSPS) is 13.2. The van der Waals surface area contributed by atoms with E-state index in [9.17, 15) is 4.79 Å². The Morgan fingerprint density at radius 1 is 1.05 bits per heavy atom. The summed E-state index contributed by atoms with van der Waals surface area (Å²) in [4.78, 5) is 11.0. The minimum absolute atomic E-state index is 0.206. The molecule has 0 aliphatic rings. The van der Waals surface area contributed by atoms with Crippen molar-refractivity contribution in [2.75, 3.05) is 5.32 Å². The van der Waals surface area contributed by atoms with Crippen LogP contribution in [0.25, 0.3) is 0 Å². The van der Waals surface area contributed by atoms with Gasteiger partial charge in [0, 0.05) is 6.04 Å². The molecule has 0 saturated carbocycles. The maximum Gasteiger partial charge on any atom is 0.308 e. The van der Waals surface area contributed by atoms with Gasteiger partial charge in [0.2, 0.25) is 0 Å². The topological polar surface area (TPSA) is 58.6 Å². The Bertz CT molecular complexity index is 598. The van der Waals surface area contributed by atoms with Crippen molar-refractivity contribution in [3.8, 4) is 11.5 Å². The molecule has 0 aliphatic heterocycles. The summed E-state index contributed by atoms with van der Waals surface area (Å²) >= 11 is 0. The van der Waals surface area contributed by atoms with Gasteiger partial charge in [0.25, 0.3) is 0 Å². The van der Waals surface area contributed by atoms with E-state index in [1.807, 2.05) is 61.5 Å². The van der Waals surface area contributed by atoms with Crippen LogP contribution in [0.2, 0.25) is 0 Å². The summed E-state index contributed by atoms with van der Waals surface area (Å²) < 4.78 is 5.84. The number of ether oxygens (including phenoxy) is 1. The van der Waals surface area contributed by atoms with Crippen molar-refractivity contribution in [1.82, 2.24) is 0 Å². The summed E-state index contributed by atoms with van der Waals surface area (Å²) in [6.45, 7) is 3.53. The van der Waals surface area contributed by atoms with Crippen molar-refractivity contribution < 1.29 is 14.6 Å². The first-order chi connectivity index (χ1) is 10.1. The van der Waals surface area contributed by atoms with Crippen LogP contribution >= 0.6 is 0 Å². The first-order valence-corrected chi connectivity index (χ1v) is 6.89. The van der Waals surface area contributed by atoms with E-state index in [1.54, 1.807) is 6.92 Å². The van der Waals surface area contributed by atoms with Gasteiger partial charge in [0.15, 0.2) is 5.75 Å². The summed E-state index contributed by atoms with van der Waals surface area (Å²) in [5, 5.41) is 12.3. The fourth-order valence-electron chi connectivity index (χ4n) is 1.87. The first-order valence-electron chi connectivity index (χ1n) is 6.89. The number of benzene rings is 2. The van der Waals surface area contributed by atoms with Crippen molar-refractivity contribution in [3.63, 3.8) is 0 Å². The summed E-state index contributed by atoms with van der Waals surface area (Å²) in [7, 11) is 0. The molecule has 2 unspecified atom stereocenters. The van der Waals surface area contributed by atoms with E-state index in [-0.39, 0.29) is 6.04 Å². The highest BCUT2D eigenvalue weighted by Crippen LogP contribution is 2.30. The van der Waals surface area contributed by atoms with Gasteiger partial charge in [-0.3, -0.25) is 4.79 Å². The number of nitrogens with one attached hydrogen (secondary N) is 1. The number of carboxylic acid groups (broad SMARTS) is 1. The van der Waals surface area contributed by atoms with Crippen molar-refractivity contribution in [1.29, 1.82) is 0 Å². The maximum atomic E-state index is 11.0. The van der Waals surface area contributed by atoms with E-state index >= 15 is 0 Å². The summed E-state index contributed by atoms with van der Waals surface area (Å²) in [5.41, 5.74) is 0.780. The molecule has 2 N–H and O–H groups in total. The molecule has 2 aromatic carbocycles. The van der Waals surface area contributed by atoms with Gasteiger partial charge in [0.05, 0.1) is 11.6 Å². The number of rotatable bonds is 6. The molecule has 0 bridgehead atoms. The largest absolute Gasteiger partial charge is 0.481 e. The van der Waals surface area contributed by atoms with Gasteiger partial charge < -0.3 is 15.2 Å². The molecule has 0 radical (unpaired) electrons. The molecule has 0 spiro atoms. The SMILES string of the molecule is CC(Nc1ccccc1Oc1ccccc1)C(C)C(=O)O. The molecule has 4 heteroatoms. The minimum Gasteiger partial charge on any atom is -0.481 e. The quantitative estimate of drug-likeness (QED) is 0.842. The average Bonchev–Trinajstić information content (AvgIpc) is 2.49. The van der Waals surface area contributed by atoms with Crippen molar-refractivity contribution in [2.24, 2.45) is 5.92 Å². The smallest absolute Gasteiger partial charge is 0.308 e. The zero-order valence-electron chi connectivity index (χ0n) is 12.1. The fourth-order valence-corrected chi connectivity index (χ4v) is 1.87. The lowest BCUT2D eigenvalue weighted by atomic mass is 10.0. The number of carboxylic acids is 1. The van der Waals surface area contributed by atoms with Crippen molar-refractivity contribution >= 4 is 11.7 Å². The summed E-state index contributed by atoms with van der Waals surface area (Å²) in [5.74, 6) is 0.102. The lowest BCUT2D eigenvalue weighted by molar-refractivity contribution is -0.141. The Kier molecular flexibility index (Phi) is 4.82. The van der Waals surface area contributed by atoms with E-state index in [2.05, 4.69) is 5.32 Å². The Morgan fingerprint density at radius 2 is 1.67 bits per heavy atom.